The Bertz CT molecular complexity index is 816. The molecule has 1 aromatic carbocycles. The molecule has 33 heavy (non-hydrogen) atoms. The normalized spacial score (nSPS) is 33.8. The van der Waals surface area contributed by atoms with E-state index in [9.17, 15) is 19.8 Å². The van der Waals surface area contributed by atoms with Gasteiger partial charge in [-0.1, -0.05) is 44.2 Å². The molecule has 0 saturated heterocycles. The lowest BCUT2D eigenvalue weighted by Gasteiger charge is -2.60. The van der Waals surface area contributed by atoms with Crippen molar-refractivity contribution in [1.82, 2.24) is 10.6 Å². The van der Waals surface area contributed by atoms with Crippen LogP contribution in [-0.4, -0.2) is 47.1 Å². The van der Waals surface area contributed by atoms with Crippen molar-refractivity contribution in [1.29, 1.82) is 0 Å². The third-order valence-corrected chi connectivity index (χ3v) is 8.07. The highest BCUT2D eigenvalue weighted by molar-refractivity contribution is 5.76. The van der Waals surface area contributed by atoms with Crippen molar-refractivity contribution in [3.63, 3.8) is 0 Å². The molecule has 2 fully saturated rings. The minimum atomic E-state index is -0.639. The van der Waals surface area contributed by atoms with Crippen LogP contribution < -0.4 is 10.6 Å². The number of ether oxygens (including phenoxy) is 1. The van der Waals surface area contributed by atoms with Crippen LogP contribution in [0.2, 0.25) is 0 Å². The zero-order valence-electron chi connectivity index (χ0n) is 20.3. The maximum absolute atomic E-state index is 12.8. The second kappa shape index (κ2) is 10.4. The van der Waals surface area contributed by atoms with Crippen LogP contribution in [0, 0.1) is 22.7 Å². The molecule has 0 aromatic heterocycles. The average molecular weight is 461 g/mol. The summed E-state index contributed by atoms with van der Waals surface area (Å²) in [6.07, 6.45) is 1.39. The monoisotopic (exact) mass is 460 g/mol. The molecule has 2 aliphatic rings. The summed E-state index contributed by atoms with van der Waals surface area (Å²) in [4.78, 5) is 25.1. The van der Waals surface area contributed by atoms with Crippen molar-refractivity contribution >= 4 is 12.0 Å². The first-order chi connectivity index (χ1) is 15.6. The molecule has 0 aliphatic heterocycles. The van der Waals surface area contributed by atoms with Gasteiger partial charge in [-0.25, -0.2) is 4.79 Å². The highest BCUT2D eigenvalue weighted by Crippen LogP contribution is 2.61. The third-order valence-electron chi connectivity index (χ3n) is 8.07. The Kier molecular flexibility index (Phi) is 8.06. The van der Waals surface area contributed by atoms with E-state index in [1.54, 1.807) is 0 Å². The minimum absolute atomic E-state index is 0.0240. The van der Waals surface area contributed by atoms with Gasteiger partial charge in [0.05, 0.1) is 12.7 Å². The molecule has 0 heterocycles. The molecule has 0 spiro atoms. The molecule has 2 aliphatic carbocycles. The number of aliphatic hydroxyl groups is 2. The summed E-state index contributed by atoms with van der Waals surface area (Å²) < 4.78 is 5.78. The summed E-state index contributed by atoms with van der Waals surface area (Å²) in [5.74, 6) is -0.274. The smallest absolute Gasteiger partial charge is 0.407 e. The third kappa shape index (κ3) is 5.52. The molecule has 0 radical (unpaired) electrons. The lowest BCUT2D eigenvalue weighted by Crippen LogP contribution is -2.61. The van der Waals surface area contributed by atoms with E-state index in [0.717, 1.165) is 18.4 Å². The fourth-order valence-corrected chi connectivity index (χ4v) is 6.25. The SMILES string of the molecule is CC(C)NC(=O)O[C@@H]1CC[C@]2(C)[C@@H](CC[C@@H](O)[C@H]2CC(=O)NCc2ccccc2)[C@]1(C)CO. The van der Waals surface area contributed by atoms with Gasteiger partial charge in [0.15, 0.2) is 0 Å². The lowest BCUT2D eigenvalue weighted by atomic mass is 9.46. The molecule has 2 saturated carbocycles. The van der Waals surface area contributed by atoms with Crippen molar-refractivity contribution in [3.05, 3.63) is 35.9 Å². The Labute approximate surface area is 197 Å². The van der Waals surface area contributed by atoms with E-state index in [1.165, 1.54) is 0 Å². The zero-order chi connectivity index (χ0) is 24.2. The molecule has 7 heteroatoms. The molecule has 0 unspecified atom stereocenters. The molecule has 1 aromatic rings. The van der Waals surface area contributed by atoms with Crippen molar-refractivity contribution in [2.24, 2.45) is 22.7 Å². The molecule has 7 nitrogen and oxygen atoms in total. The molecule has 2 amide bonds. The first-order valence-corrected chi connectivity index (χ1v) is 12.2. The number of benzene rings is 1. The van der Waals surface area contributed by atoms with Gasteiger partial charge in [0, 0.05) is 24.4 Å². The van der Waals surface area contributed by atoms with E-state index in [4.69, 9.17) is 4.74 Å². The number of nitrogens with one attached hydrogen (secondary N) is 2. The molecule has 0 bridgehead atoms. The zero-order valence-corrected chi connectivity index (χ0v) is 20.3. The Morgan fingerprint density at radius 1 is 1.15 bits per heavy atom. The van der Waals surface area contributed by atoms with Crippen LogP contribution >= 0.6 is 0 Å². The van der Waals surface area contributed by atoms with Gasteiger partial charge < -0.3 is 25.6 Å². The number of alkyl carbamates (subject to hydrolysis) is 1. The summed E-state index contributed by atoms with van der Waals surface area (Å²) in [5.41, 5.74) is 0.0534. The van der Waals surface area contributed by atoms with Crippen LogP contribution in [0.1, 0.15) is 65.4 Å². The number of carbonyl (C=O) groups is 2. The van der Waals surface area contributed by atoms with Gasteiger partial charge in [-0.15, -0.1) is 0 Å². The van der Waals surface area contributed by atoms with Gasteiger partial charge >= 0.3 is 6.09 Å². The number of aliphatic hydroxyl groups excluding tert-OH is 2. The number of amides is 2. The lowest BCUT2D eigenvalue weighted by molar-refractivity contribution is -0.186. The summed E-state index contributed by atoms with van der Waals surface area (Å²) in [6.45, 7) is 8.20. The van der Waals surface area contributed by atoms with E-state index in [-0.39, 0.29) is 42.2 Å². The predicted molar refractivity (Wildman–Crippen MR) is 126 cm³/mol. The number of fused-ring (bicyclic) bond motifs is 1. The van der Waals surface area contributed by atoms with E-state index in [1.807, 2.05) is 51.1 Å². The number of hydrogen-bond donors (Lipinski definition) is 4. The Morgan fingerprint density at radius 2 is 1.85 bits per heavy atom. The van der Waals surface area contributed by atoms with E-state index >= 15 is 0 Å². The van der Waals surface area contributed by atoms with Crippen LogP contribution in [0.3, 0.4) is 0 Å². The van der Waals surface area contributed by atoms with Crippen molar-refractivity contribution in [2.45, 2.75) is 84.6 Å². The largest absolute Gasteiger partial charge is 0.446 e. The van der Waals surface area contributed by atoms with Crippen molar-refractivity contribution in [3.8, 4) is 0 Å². The molecule has 184 valence electrons. The van der Waals surface area contributed by atoms with Gasteiger partial charge in [0.2, 0.25) is 5.91 Å². The quantitative estimate of drug-likeness (QED) is 0.499. The Morgan fingerprint density at radius 3 is 2.48 bits per heavy atom. The highest BCUT2D eigenvalue weighted by atomic mass is 16.6. The fraction of sp³-hybridized carbons (Fsp3) is 0.692. The second-order valence-corrected chi connectivity index (χ2v) is 10.7. The van der Waals surface area contributed by atoms with E-state index < -0.39 is 23.7 Å². The maximum Gasteiger partial charge on any atom is 0.407 e. The number of rotatable bonds is 7. The molecule has 4 N–H and O–H groups in total. The van der Waals surface area contributed by atoms with Crippen LogP contribution in [0.5, 0.6) is 0 Å². The van der Waals surface area contributed by atoms with Crippen molar-refractivity contribution < 1.29 is 24.5 Å². The van der Waals surface area contributed by atoms with Crippen LogP contribution in [0.15, 0.2) is 30.3 Å². The highest BCUT2D eigenvalue weighted by Gasteiger charge is 2.60. The van der Waals surface area contributed by atoms with Gasteiger partial charge in [-0.2, -0.15) is 0 Å². The summed E-state index contributed by atoms with van der Waals surface area (Å²) in [6, 6.07) is 9.73. The first kappa shape index (κ1) is 25.5. The fourth-order valence-electron chi connectivity index (χ4n) is 6.25. The number of carbonyl (C=O) groups excluding carboxylic acids is 2. The summed E-state index contributed by atoms with van der Waals surface area (Å²) >= 11 is 0. The summed E-state index contributed by atoms with van der Waals surface area (Å²) in [7, 11) is 0. The Balaban J connectivity index is 1.73. The molecule has 3 rings (SSSR count). The maximum atomic E-state index is 12.8. The van der Waals surface area contributed by atoms with Crippen LogP contribution in [0.4, 0.5) is 4.79 Å². The van der Waals surface area contributed by atoms with Gasteiger partial charge in [0.1, 0.15) is 6.10 Å². The Hall–Kier alpha value is -2.12. The first-order valence-electron chi connectivity index (χ1n) is 12.2. The average Bonchev–Trinajstić information content (AvgIpc) is 2.77. The van der Waals surface area contributed by atoms with Gasteiger partial charge in [-0.3, -0.25) is 4.79 Å². The molecular formula is C26H40N2O5. The minimum Gasteiger partial charge on any atom is -0.446 e. The molecule has 6 atom stereocenters. The van der Waals surface area contributed by atoms with E-state index in [2.05, 4.69) is 17.6 Å². The van der Waals surface area contributed by atoms with Gasteiger partial charge in [-0.05, 0) is 62.3 Å². The van der Waals surface area contributed by atoms with Crippen molar-refractivity contribution in [2.75, 3.05) is 6.61 Å². The van der Waals surface area contributed by atoms with Gasteiger partial charge in [0.25, 0.3) is 0 Å². The second-order valence-electron chi connectivity index (χ2n) is 10.7. The standard InChI is InChI=1S/C26H40N2O5/c1-17(2)28-24(32)33-22-12-13-25(3)19(20(30)10-11-21(25)26(22,4)16-29)14-23(31)27-15-18-8-6-5-7-9-18/h5-9,17,19-22,29-30H,10-16H2,1-4H3,(H,27,31)(H,28,32)/t19-,20-,21-,22-,25+,26+/m1/s1. The summed E-state index contributed by atoms with van der Waals surface area (Å²) in [5, 5.41) is 27.1. The van der Waals surface area contributed by atoms with Crippen LogP contribution in [-0.2, 0) is 16.1 Å². The topological polar surface area (TPSA) is 108 Å². The number of hydrogen-bond acceptors (Lipinski definition) is 5. The van der Waals surface area contributed by atoms with Crippen LogP contribution in [0.25, 0.3) is 0 Å². The molecular weight excluding hydrogens is 420 g/mol. The van der Waals surface area contributed by atoms with E-state index in [0.29, 0.717) is 19.4 Å². The predicted octanol–water partition coefficient (Wildman–Crippen LogP) is 3.38.